The van der Waals surface area contributed by atoms with Crippen molar-refractivity contribution in [1.82, 2.24) is 10.7 Å². The minimum atomic E-state index is 0.322. The van der Waals surface area contributed by atoms with Gasteiger partial charge in [-0.15, -0.1) is 0 Å². The number of hydrogen-bond acceptors (Lipinski definition) is 1. The van der Waals surface area contributed by atoms with Crippen molar-refractivity contribution in [2.24, 2.45) is 0 Å². The molecule has 0 aliphatic rings. The molecule has 1 heterocycles. The van der Waals surface area contributed by atoms with Crippen LogP contribution >= 0.6 is 0 Å². The molecule has 0 spiro atoms. The Morgan fingerprint density at radius 1 is 1.17 bits per heavy atom. The second-order valence-electron chi connectivity index (χ2n) is 2.66. The van der Waals surface area contributed by atoms with E-state index in [4.69, 9.17) is 5.73 Å². The van der Waals surface area contributed by atoms with Crippen molar-refractivity contribution in [3.05, 3.63) is 42.1 Å². The fourth-order valence-corrected chi connectivity index (χ4v) is 1.31. The molecule has 2 heteroatoms. The van der Waals surface area contributed by atoms with E-state index in [0.717, 1.165) is 16.5 Å². The summed E-state index contributed by atoms with van der Waals surface area (Å²) in [5.41, 5.74) is 9.31. The van der Waals surface area contributed by atoms with Gasteiger partial charge in [-0.05, 0) is 17.7 Å². The molecule has 0 aliphatic heterocycles. The van der Waals surface area contributed by atoms with Gasteiger partial charge in [-0.3, -0.25) is 10.7 Å². The lowest BCUT2D eigenvalue weighted by atomic mass is 10.1. The maximum atomic E-state index is 7.30. The zero-order valence-corrected chi connectivity index (χ0v) is 6.62. The summed E-state index contributed by atoms with van der Waals surface area (Å²) in [5, 5.41) is 1.09. The van der Waals surface area contributed by atoms with E-state index < -0.39 is 0 Å². The quantitative estimate of drug-likeness (QED) is 0.623. The monoisotopic (exact) mass is 157 g/mol. The number of nitrogens with one attached hydrogen (secondary N) is 1. The molecule has 1 aromatic heterocycles. The van der Waals surface area contributed by atoms with Gasteiger partial charge in [-0.2, -0.15) is 0 Å². The highest BCUT2D eigenvalue weighted by Crippen LogP contribution is 2.15. The summed E-state index contributed by atoms with van der Waals surface area (Å²) in [5.74, 6) is 0. The number of para-hydroxylation sites is 1. The van der Waals surface area contributed by atoms with Gasteiger partial charge in [0.25, 0.3) is 0 Å². The SMILES string of the molecule is [NH]Cc1ccnc2ccccc12. The Morgan fingerprint density at radius 3 is 2.83 bits per heavy atom. The number of benzene rings is 1. The molecule has 1 N–H and O–H groups in total. The van der Waals surface area contributed by atoms with Crippen LogP contribution < -0.4 is 5.73 Å². The van der Waals surface area contributed by atoms with Crippen LogP contribution in [0.5, 0.6) is 0 Å². The van der Waals surface area contributed by atoms with E-state index >= 15 is 0 Å². The van der Waals surface area contributed by atoms with E-state index in [1.807, 2.05) is 30.3 Å². The number of nitrogens with zero attached hydrogens (tertiary/aromatic N) is 1. The van der Waals surface area contributed by atoms with Gasteiger partial charge < -0.3 is 0 Å². The molecule has 0 fully saturated rings. The Hall–Kier alpha value is -1.41. The standard InChI is InChI=1S/C10H9N2/c11-7-8-5-6-12-10-4-2-1-3-9(8)10/h1-6,11H,7H2. The van der Waals surface area contributed by atoms with Gasteiger partial charge in [-0.1, -0.05) is 18.2 Å². The van der Waals surface area contributed by atoms with E-state index in [1.54, 1.807) is 6.20 Å². The summed E-state index contributed by atoms with van der Waals surface area (Å²) >= 11 is 0. The molecule has 0 atom stereocenters. The molecule has 1 radical (unpaired) electrons. The molecule has 0 amide bonds. The molecule has 0 bridgehead atoms. The molecule has 2 aromatic rings. The molecule has 1 aromatic carbocycles. The fourth-order valence-electron chi connectivity index (χ4n) is 1.31. The van der Waals surface area contributed by atoms with Crippen LogP contribution in [0.4, 0.5) is 0 Å². The van der Waals surface area contributed by atoms with Crippen molar-refractivity contribution in [3.8, 4) is 0 Å². The number of fused-ring (bicyclic) bond motifs is 1. The molecule has 0 unspecified atom stereocenters. The van der Waals surface area contributed by atoms with Crippen LogP contribution in [0.1, 0.15) is 5.56 Å². The molecule has 0 saturated heterocycles. The van der Waals surface area contributed by atoms with Crippen molar-refractivity contribution in [1.29, 1.82) is 0 Å². The summed E-state index contributed by atoms with van der Waals surface area (Å²) in [4.78, 5) is 4.21. The smallest absolute Gasteiger partial charge is 0.0705 e. The average molecular weight is 157 g/mol. The lowest BCUT2D eigenvalue weighted by Crippen LogP contribution is -1.88. The first-order valence-corrected chi connectivity index (χ1v) is 3.89. The van der Waals surface area contributed by atoms with Crippen molar-refractivity contribution in [2.75, 3.05) is 0 Å². The third-order valence-corrected chi connectivity index (χ3v) is 1.93. The highest BCUT2D eigenvalue weighted by Gasteiger charge is 1.97. The minimum Gasteiger partial charge on any atom is -0.256 e. The number of rotatable bonds is 1. The molecule has 12 heavy (non-hydrogen) atoms. The zero-order chi connectivity index (χ0) is 8.39. The van der Waals surface area contributed by atoms with E-state index in [1.165, 1.54) is 0 Å². The van der Waals surface area contributed by atoms with Crippen molar-refractivity contribution >= 4 is 10.9 Å². The first kappa shape index (κ1) is 7.25. The summed E-state index contributed by atoms with van der Waals surface area (Å²) in [6, 6.07) is 9.81. The number of aromatic nitrogens is 1. The maximum Gasteiger partial charge on any atom is 0.0705 e. The average Bonchev–Trinajstić information content (AvgIpc) is 2.17. The molecule has 0 saturated carbocycles. The van der Waals surface area contributed by atoms with Crippen molar-refractivity contribution in [2.45, 2.75) is 6.54 Å². The lowest BCUT2D eigenvalue weighted by Gasteiger charge is -2.00. The number of hydrogen-bond donors (Lipinski definition) is 0. The van der Waals surface area contributed by atoms with Gasteiger partial charge in [0.2, 0.25) is 0 Å². The van der Waals surface area contributed by atoms with Crippen LogP contribution in [0.25, 0.3) is 10.9 Å². The minimum absolute atomic E-state index is 0.322. The summed E-state index contributed by atoms with van der Waals surface area (Å²) in [7, 11) is 0. The lowest BCUT2D eigenvalue weighted by molar-refractivity contribution is 1.04. The predicted octanol–water partition coefficient (Wildman–Crippen LogP) is 2.02. The van der Waals surface area contributed by atoms with Crippen LogP contribution in [-0.2, 0) is 6.54 Å². The second kappa shape index (κ2) is 2.91. The summed E-state index contributed by atoms with van der Waals surface area (Å²) in [6.07, 6.45) is 1.76. The maximum absolute atomic E-state index is 7.30. The topological polar surface area (TPSA) is 36.7 Å². The van der Waals surface area contributed by atoms with E-state index in [2.05, 4.69) is 4.98 Å². The Balaban J connectivity index is 2.79. The van der Waals surface area contributed by atoms with Crippen molar-refractivity contribution in [3.63, 3.8) is 0 Å². The normalized spacial score (nSPS) is 10.4. The molecule has 59 valence electrons. The highest BCUT2D eigenvalue weighted by molar-refractivity contribution is 5.81. The third-order valence-electron chi connectivity index (χ3n) is 1.93. The Labute approximate surface area is 71.0 Å². The Kier molecular flexibility index (Phi) is 1.76. The second-order valence-corrected chi connectivity index (χ2v) is 2.66. The van der Waals surface area contributed by atoms with Gasteiger partial charge in [0, 0.05) is 18.1 Å². The molecule has 0 aliphatic carbocycles. The molecule has 2 rings (SSSR count). The van der Waals surface area contributed by atoms with E-state index in [-0.39, 0.29) is 0 Å². The molecular formula is C10H9N2. The van der Waals surface area contributed by atoms with Gasteiger partial charge in [0.1, 0.15) is 0 Å². The van der Waals surface area contributed by atoms with E-state index in [9.17, 15) is 0 Å². The first-order valence-electron chi connectivity index (χ1n) is 3.89. The zero-order valence-electron chi connectivity index (χ0n) is 6.62. The predicted molar refractivity (Wildman–Crippen MR) is 48.5 cm³/mol. The summed E-state index contributed by atoms with van der Waals surface area (Å²) < 4.78 is 0. The van der Waals surface area contributed by atoms with Crippen LogP contribution in [-0.4, -0.2) is 4.98 Å². The Morgan fingerprint density at radius 2 is 2.00 bits per heavy atom. The number of pyridine rings is 1. The van der Waals surface area contributed by atoms with Crippen molar-refractivity contribution < 1.29 is 0 Å². The highest BCUT2D eigenvalue weighted by atomic mass is 14.7. The first-order chi connectivity index (χ1) is 5.92. The molecule has 2 nitrogen and oxygen atoms in total. The van der Waals surface area contributed by atoms with Gasteiger partial charge >= 0.3 is 0 Å². The van der Waals surface area contributed by atoms with Crippen LogP contribution in [0.15, 0.2) is 36.5 Å². The van der Waals surface area contributed by atoms with Gasteiger partial charge in [-0.25, -0.2) is 0 Å². The largest absolute Gasteiger partial charge is 0.256 e. The van der Waals surface area contributed by atoms with Gasteiger partial charge in [0.05, 0.1) is 5.52 Å². The molecular weight excluding hydrogens is 148 g/mol. The third kappa shape index (κ3) is 1.06. The van der Waals surface area contributed by atoms with Crippen LogP contribution in [0, 0.1) is 0 Å². The van der Waals surface area contributed by atoms with Crippen LogP contribution in [0.3, 0.4) is 0 Å². The fraction of sp³-hybridized carbons (Fsp3) is 0.100. The van der Waals surface area contributed by atoms with E-state index in [0.29, 0.717) is 6.54 Å². The summed E-state index contributed by atoms with van der Waals surface area (Å²) in [6.45, 7) is 0.322. The van der Waals surface area contributed by atoms with Gasteiger partial charge in [0.15, 0.2) is 0 Å². The van der Waals surface area contributed by atoms with Crippen LogP contribution in [0.2, 0.25) is 0 Å². The Bertz CT molecular complexity index is 390.